The van der Waals surface area contributed by atoms with Crippen molar-refractivity contribution in [3.63, 3.8) is 0 Å². The fraction of sp³-hybridized carbons (Fsp3) is 0.0909. The summed E-state index contributed by atoms with van der Waals surface area (Å²) in [5, 5.41) is 12.9. The molecule has 0 bridgehead atoms. The molecule has 16 heavy (non-hydrogen) atoms. The lowest BCUT2D eigenvalue weighted by Gasteiger charge is -2.06. The summed E-state index contributed by atoms with van der Waals surface area (Å²) in [5.41, 5.74) is 1.18. The molecule has 0 radical (unpaired) electrons. The van der Waals surface area contributed by atoms with E-state index in [9.17, 15) is 4.79 Å². The number of hydrogen-bond donors (Lipinski definition) is 1. The van der Waals surface area contributed by atoms with E-state index in [0.29, 0.717) is 6.54 Å². The van der Waals surface area contributed by atoms with E-state index in [1.54, 1.807) is 0 Å². The van der Waals surface area contributed by atoms with Crippen molar-refractivity contribution < 1.29 is 9.90 Å². The van der Waals surface area contributed by atoms with Crippen LogP contribution in [-0.2, 0) is 6.54 Å². The average molecular weight is 281 g/mol. The first-order valence-electron chi connectivity index (χ1n) is 4.67. The summed E-state index contributed by atoms with van der Waals surface area (Å²) in [5.74, 6) is -0.968. The van der Waals surface area contributed by atoms with Crippen molar-refractivity contribution in [1.29, 1.82) is 0 Å². The Balaban J connectivity index is 2.31. The Labute approximate surface area is 101 Å². The van der Waals surface area contributed by atoms with E-state index in [1.165, 1.54) is 16.9 Å². The molecule has 0 fully saturated rings. The number of halogens is 1. The van der Waals surface area contributed by atoms with E-state index >= 15 is 0 Å². The molecule has 1 N–H and O–H groups in total. The van der Waals surface area contributed by atoms with Crippen LogP contribution in [0.3, 0.4) is 0 Å². The molecule has 0 aliphatic heterocycles. The van der Waals surface area contributed by atoms with Crippen LogP contribution in [0.1, 0.15) is 16.1 Å². The van der Waals surface area contributed by atoms with Gasteiger partial charge in [-0.05, 0) is 17.7 Å². The maximum absolute atomic E-state index is 10.9. The third kappa shape index (κ3) is 2.14. The summed E-state index contributed by atoms with van der Waals surface area (Å²) in [4.78, 5) is 10.9. The van der Waals surface area contributed by atoms with Gasteiger partial charge in [-0.15, -0.1) is 0 Å². The summed E-state index contributed by atoms with van der Waals surface area (Å²) in [7, 11) is 0. The number of carboxylic acid groups (broad SMARTS) is 1. The van der Waals surface area contributed by atoms with Crippen LogP contribution in [0.5, 0.6) is 0 Å². The van der Waals surface area contributed by atoms with E-state index in [4.69, 9.17) is 5.11 Å². The van der Waals surface area contributed by atoms with E-state index in [1.807, 2.05) is 24.3 Å². The van der Waals surface area contributed by atoms with Crippen LogP contribution >= 0.6 is 15.9 Å². The Bertz CT molecular complexity index is 522. The highest BCUT2D eigenvalue weighted by atomic mass is 79.9. The molecule has 1 aromatic carbocycles. The zero-order valence-electron chi connectivity index (χ0n) is 8.30. The molecule has 4 nitrogen and oxygen atoms in total. The molecule has 1 heterocycles. The Kier molecular flexibility index (Phi) is 3.05. The van der Waals surface area contributed by atoms with Gasteiger partial charge in [0.15, 0.2) is 0 Å². The predicted molar refractivity (Wildman–Crippen MR) is 62.4 cm³/mol. The predicted octanol–water partition coefficient (Wildman–Crippen LogP) is 2.39. The van der Waals surface area contributed by atoms with E-state index in [0.717, 1.165) is 10.0 Å². The molecule has 0 atom stereocenters. The SMILES string of the molecule is O=C(O)c1ccnn1Cc1ccccc1Br. The summed E-state index contributed by atoms with van der Waals surface area (Å²) in [6.07, 6.45) is 1.49. The number of hydrogen-bond acceptors (Lipinski definition) is 2. The Morgan fingerprint density at radius 3 is 2.81 bits per heavy atom. The number of aromatic carboxylic acids is 1. The minimum Gasteiger partial charge on any atom is -0.477 e. The summed E-state index contributed by atoms with van der Waals surface area (Å²) >= 11 is 3.42. The van der Waals surface area contributed by atoms with Crippen molar-refractivity contribution in [2.45, 2.75) is 6.54 Å². The van der Waals surface area contributed by atoms with Crippen molar-refractivity contribution in [3.05, 3.63) is 52.3 Å². The van der Waals surface area contributed by atoms with Crippen LogP contribution in [0, 0.1) is 0 Å². The number of carbonyl (C=O) groups is 1. The van der Waals surface area contributed by atoms with Crippen molar-refractivity contribution in [1.82, 2.24) is 9.78 Å². The second-order valence-corrected chi connectivity index (χ2v) is 4.12. The zero-order valence-corrected chi connectivity index (χ0v) is 9.89. The van der Waals surface area contributed by atoms with Gasteiger partial charge in [-0.25, -0.2) is 4.79 Å². The maximum Gasteiger partial charge on any atom is 0.354 e. The first kappa shape index (κ1) is 10.9. The van der Waals surface area contributed by atoms with Crippen LogP contribution in [0.15, 0.2) is 41.0 Å². The minimum atomic E-state index is -0.968. The van der Waals surface area contributed by atoms with Gasteiger partial charge in [0.25, 0.3) is 0 Å². The fourth-order valence-electron chi connectivity index (χ4n) is 1.43. The van der Waals surface area contributed by atoms with Crippen LogP contribution in [0.2, 0.25) is 0 Å². The van der Waals surface area contributed by atoms with Crippen LogP contribution in [0.25, 0.3) is 0 Å². The van der Waals surface area contributed by atoms with Crippen molar-refractivity contribution in [2.24, 2.45) is 0 Å². The fourth-order valence-corrected chi connectivity index (χ4v) is 1.84. The molecule has 2 aromatic rings. The number of carboxylic acids is 1. The standard InChI is InChI=1S/C11H9BrN2O2/c12-9-4-2-1-3-8(9)7-14-10(11(15)16)5-6-13-14/h1-6H,7H2,(H,15,16). The summed E-state index contributed by atoms with van der Waals surface area (Å²) in [6, 6.07) is 9.15. The van der Waals surface area contributed by atoms with Crippen molar-refractivity contribution in [2.75, 3.05) is 0 Å². The molecule has 0 spiro atoms. The van der Waals surface area contributed by atoms with Gasteiger partial charge in [0, 0.05) is 10.7 Å². The Morgan fingerprint density at radius 2 is 2.12 bits per heavy atom. The van der Waals surface area contributed by atoms with Crippen molar-refractivity contribution >= 4 is 21.9 Å². The monoisotopic (exact) mass is 280 g/mol. The number of benzene rings is 1. The highest BCUT2D eigenvalue weighted by Crippen LogP contribution is 2.17. The molecule has 0 aliphatic carbocycles. The number of rotatable bonds is 3. The maximum atomic E-state index is 10.9. The van der Waals surface area contributed by atoms with Gasteiger partial charge in [0.05, 0.1) is 6.54 Å². The molecule has 0 amide bonds. The van der Waals surface area contributed by atoms with Gasteiger partial charge in [-0.2, -0.15) is 5.10 Å². The number of aromatic nitrogens is 2. The van der Waals surface area contributed by atoms with Gasteiger partial charge < -0.3 is 5.11 Å². The third-order valence-corrected chi connectivity index (χ3v) is 2.99. The molecule has 0 aliphatic rings. The van der Waals surface area contributed by atoms with Gasteiger partial charge in [0.1, 0.15) is 5.69 Å². The van der Waals surface area contributed by atoms with Crippen LogP contribution < -0.4 is 0 Å². The second-order valence-electron chi connectivity index (χ2n) is 3.27. The average Bonchev–Trinajstić information content (AvgIpc) is 2.69. The smallest absolute Gasteiger partial charge is 0.354 e. The van der Waals surface area contributed by atoms with Gasteiger partial charge >= 0.3 is 5.97 Å². The molecule has 0 saturated carbocycles. The molecular formula is C11H9BrN2O2. The molecule has 82 valence electrons. The second kappa shape index (κ2) is 4.49. The highest BCUT2D eigenvalue weighted by molar-refractivity contribution is 9.10. The minimum absolute atomic E-state index is 0.191. The lowest BCUT2D eigenvalue weighted by molar-refractivity contribution is 0.0684. The third-order valence-electron chi connectivity index (χ3n) is 2.21. The highest BCUT2D eigenvalue weighted by Gasteiger charge is 2.10. The Hall–Kier alpha value is -1.62. The van der Waals surface area contributed by atoms with E-state index in [-0.39, 0.29) is 5.69 Å². The molecule has 0 saturated heterocycles. The van der Waals surface area contributed by atoms with Gasteiger partial charge in [0.2, 0.25) is 0 Å². The summed E-state index contributed by atoms with van der Waals surface area (Å²) < 4.78 is 2.41. The molecule has 0 unspecified atom stereocenters. The zero-order chi connectivity index (χ0) is 11.5. The molecule has 1 aromatic heterocycles. The molecular weight excluding hydrogens is 272 g/mol. The summed E-state index contributed by atoms with van der Waals surface area (Å²) in [6.45, 7) is 0.441. The largest absolute Gasteiger partial charge is 0.477 e. The van der Waals surface area contributed by atoms with Gasteiger partial charge in [-0.1, -0.05) is 34.1 Å². The van der Waals surface area contributed by atoms with Crippen LogP contribution in [0.4, 0.5) is 0 Å². The molecule has 2 rings (SSSR count). The lowest BCUT2D eigenvalue weighted by atomic mass is 10.2. The number of nitrogens with zero attached hydrogens (tertiary/aromatic N) is 2. The van der Waals surface area contributed by atoms with Gasteiger partial charge in [-0.3, -0.25) is 4.68 Å². The van der Waals surface area contributed by atoms with Crippen LogP contribution in [-0.4, -0.2) is 20.9 Å². The Morgan fingerprint density at radius 1 is 1.38 bits per heavy atom. The normalized spacial score (nSPS) is 10.3. The van der Waals surface area contributed by atoms with E-state index < -0.39 is 5.97 Å². The molecule has 5 heteroatoms. The first-order valence-corrected chi connectivity index (χ1v) is 5.46. The van der Waals surface area contributed by atoms with Crippen molar-refractivity contribution in [3.8, 4) is 0 Å². The lowest BCUT2D eigenvalue weighted by Crippen LogP contribution is -2.11. The topological polar surface area (TPSA) is 55.1 Å². The van der Waals surface area contributed by atoms with E-state index in [2.05, 4.69) is 21.0 Å². The first-order chi connectivity index (χ1) is 7.68. The quantitative estimate of drug-likeness (QED) is 0.939.